The van der Waals surface area contributed by atoms with E-state index in [9.17, 15) is 14.4 Å². The SMILES string of the molecule is CCC1(c2ccc(NC(=O)C(C)Oc3ccc(Cl)cc3Br)cc2)CCC(=O)NC1=O. The van der Waals surface area contributed by atoms with Crippen LogP contribution in [0.3, 0.4) is 0 Å². The molecule has 2 unspecified atom stereocenters. The van der Waals surface area contributed by atoms with E-state index in [4.69, 9.17) is 16.3 Å². The van der Waals surface area contributed by atoms with Crippen LogP contribution in [0, 0.1) is 0 Å². The number of halogens is 2. The Hall–Kier alpha value is -2.38. The van der Waals surface area contributed by atoms with Crippen molar-refractivity contribution in [2.45, 2.75) is 44.6 Å². The highest BCUT2D eigenvalue weighted by atomic mass is 79.9. The van der Waals surface area contributed by atoms with Crippen LogP contribution < -0.4 is 15.4 Å². The first kappa shape index (κ1) is 22.3. The highest BCUT2D eigenvalue weighted by Crippen LogP contribution is 2.36. The van der Waals surface area contributed by atoms with Crippen molar-refractivity contribution in [1.29, 1.82) is 0 Å². The molecule has 0 spiro atoms. The predicted molar refractivity (Wildman–Crippen MR) is 119 cm³/mol. The van der Waals surface area contributed by atoms with Crippen LogP contribution in [0.15, 0.2) is 46.9 Å². The van der Waals surface area contributed by atoms with E-state index in [1.54, 1.807) is 37.3 Å². The predicted octanol–water partition coefficient (Wildman–Crippen LogP) is 4.59. The lowest BCUT2D eigenvalue weighted by atomic mass is 9.72. The number of carbonyl (C=O) groups excluding carboxylic acids is 3. The largest absolute Gasteiger partial charge is 0.480 e. The van der Waals surface area contributed by atoms with Crippen LogP contribution in [0.4, 0.5) is 5.69 Å². The van der Waals surface area contributed by atoms with Crippen molar-refractivity contribution in [2.75, 3.05) is 5.32 Å². The summed E-state index contributed by atoms with van der Waals surface area (Å²) in [6.45, 7) is 3.58. The van der Waals surface area contributed by atoms with Gasteiger partial charge in [-0.25, -0.2) is 0 Å². The van der Waals surface area contributed by atoms with Gasteiger partial charge in [0.25, 0.3) is 5.91 Å². The standard InChI is InChI=1S/C22H22BrClN2O4/c1-3-22(11-10-19(27)26-21(22)29)14-4-7-16(8-5-14)25-20(28)13(2)30-18-9-6-15(24)12-17(18)23/h4-9,12-13H,3,10-11H2,1-2H3,(H,25,28)(H,26,27,29). The van der Waals surface area contributed by atoms with Gasteiger partial charge in [-0.15, -0.1) is 0 Å². The molecule has 2 N–H and O–H groups in total. The number of imide groups is 1. The lowest BCUT2D eigenvalue weighted by Crippen LogP contribution is -2.51. The summed E-state index contributed by atoms with van der Waals surface area (Å²) >= 11 is 9.28. The molecule has 3 rings (SSSR count). The van der Waals surface area contributed by atoms with Gasteiger partial charge < -0.3 is 10.1 Å². The molecule has 1 fully saturated rings. The van der Waals surface area contributed by atoms with Gasteiger partial charge >= 0.3 is 0 Å². The fourth-order valence-electron chi connectivity index (χ4n) is 3.50. The first-order valence-corrected chi connectivity index (χ1v) is 10.8. The summed E-state index contributed by atoms with van der Waals surface area (Å²) in [7, 11) is 0. The maximum atomic E-state index is 12.5. The third-order valence-electron chi connectivity index (χ3n) is 5.34. The zero-order valence-corrected chi connectivity index (χ0v) is 19.0. The van der Waals surface area contributed by atoms with Crippen molar-refractivity contribution in [1.82, 2.24) is 5.32 Å². The third kappa shape index (κ3) is 4.68. The fraction of sp³-hybridized carbons (Fsp3) is 0.318. The van der Waals surface area contributed by atoms with Crippen molar-refractivity contribution in [3.8, 4) is 5.75 Å². The van der Waals surface area contributed by atoms with Gasteiger partial charge in [-0.3, -0.25) is 19.7 Å². The number of nitrogens with one attached hydrogen (secondary N) is 2. The number of hydrogen-bond donors (Lipinski definition) is 2. The molecule has 1 aliphatic rings. The Morgan fingerprint density at radius 1 is 1.27 bits per heavy atom. The summed E-state index contributed by atoms with van der Waals surface area (Å²) in [5.41, 5.74) is 0.684. The number of rotatable bonds is 6. The number of ether oxygens (including phenoxy) is 1. The number of benzene rings is 2. The Bertz CT molecular complexity index is 980. The molecular formula is C22H22BrClN2O4. The van der Waals surface area contributed by atoms with E-state index >= 15 is 0 Å². The summed E-state index contributed by atoms with van der Waals surface area (Å²) < 4.78 is 6.37. The van der Waals surface area contributed by atoms with E-state index in [1.165, 1.54) is 0 Å². The van der Waals surface area contributed by atoms with Gasteiger partial charge in [0.05, 0.1) is 9.89 Å². The van der Waals surface area contributed by atoms with Crippen LogP contribution >= 0.6 is 27.5 Å². The number of hydrogen-bond acceptors (Lipinski definition) is 4. The topological polar surface area (TPSA) is 84.5 Å². The number of amides is 3. The van der Waals surface area contributed by atoms with Crippen LogP contribution in [-0.2, 0) is 19.8 Å². The Labute approximate surface area is 188 Å². The van der Waals surface area contributed by atoms with Crippen LogP contribution in [0.1, 0.15) is 38.7 Å². The van der Waals surface area contributed by atoms with Gasteiger partial charge in [-0.2, -0.15) is 0 Å². The van der Waals surface area contributed by atoms with Crippen molar-refractivity contribution in [2.24, 2.45) is 0 Å². The molecule has 0 bridgehead atoms. The van der Waals surface area contributed by atoms with Crippen molar-refractivity contribution < 1.29 is 19.1 Å². The monoisotopic (exact) mass is 492 g/mol. The summed E-state index contributed by atoms with van der Waals surface area (Å²) in [6.07, 6.45) is 0.631. The van der Waals surface area contributed by atoms with Crippen molar-refractivity contribution in [3.05, 3.63) is 57.5 Å². The molecule has 0 aliphatic carbocycles. The molecule has 8 heteroatoms. The molecule has 1 heterocycles. The van der Waals surface area contributed by atoms with Crippen LogP contribution in [-0.4, -0.2) is 23.8 Å². The maximum absolute atomic E-state index is 12.5. The highest BCUT2D eigenvalue weighted by molar-refractivity contribution is 9.10. The Balaban J connectivity index is 1.68. The number of anilines is 1. The van der Waals surface area contributed by atoms with Gasteiger partial charge in [-0.1, -0.05) is 30.7 Å². The van der Waals surface area contributed by atoms with Crippen LogP contribution in [0.5, 0.6) is 5.75 Å². The fourth-order valence-corrected chi connectivity index (χ4v) is 4.27. The molecule has 158 valence electrons. The molecular weight excluding hydrogens is 472 g/mol. The van der Waals surface area contributed by atoms with E-state index in [0.29, 0.717) is 40.2 Å². The van der Waals surface area contributed by atoms with Gasteiger partial charge in [0, 0.05) is 17.1 Å². The molecule has 3 amide bonds. The summed E-state index contributed by atoms with van der Waals surface area (Å²) in [4.78, 5) is 36.5. The highest BCUT2D eigenvalue weighted by Gasteiger charge is 2.42. The van der Waals surface area contributed by atoms with E-state index in [1.807, 2.05) is 19.1 Å². The van der Waals surface area contributed by atoms with Crippen molar-refractivity contribution in [3.63, 3.8) is 0 Å². The van der Waals surface area contributed by atoms with E-state index in [-0.39, 0.29) is 17.7 Å². The molecule has 1 aliphatic heterocycles. The lowest BCUT2D eigenvalue weighted by Gasteiger charge is -2.35. The minimum absolute atomic E-state index is 0.241. The average molecular weight is 494 g/mol. The first-order valence-electron chi connectivity index (χ1n) is 9.62. The summed E-state index contributed by atoms with van der Waals surface area (Å²) in [5, 5.41) is 5.81. The molecule has 2 atom stereocenters. The summed E-state index contributed by atoms with van der Waals surface area (Å²) in [5.74, 6) is -0.307. The second kappa shape index (κ2) is 9.18. The molecule has 0 aromatic heterocycles. The molecule has 0 radical (unpaired) electrons. The van der Waals surface area contributed by atoms with Crippen molar-refractivity contribution >= 4 is 50.9 Å². The van der Waals surface area contributed by atoms with Gasteiger partial charge in [0.2, 0.25) is 11.8 Å². The molecule has 30 heavy (non-hydrogen) atoms. The second-order valence-corrected chi connectivity index (χ2v) is 8.51. The summed E-state index contributed by atoms with van der Waals surface area (Å²) in [6, 6.07) is 12.2. The van der Waals surface area contributed by atoms with Gasteiger partial charge in [0.15, 0.2) is 6.10 Å². The Morgan fingerprint density at radius 2 is 1.97 bits per heavy atom. The molecule has 0 saturated carbocycles. The zero-order chi connectivity index (χ0) is 21.9. The molecule has 1 saturated heterocycles. The number of piperidine rings is 1. The first-order chi connectivity index (χ1) is 14.2. The average Bonchev–Trinajstić information content (AvgIpc) is 2.71. The molecule has 2 aromatic carbocycles. The lowest BCUT2D eigenvalue weighted by molar-refractivity contribution is -0.138. The minimum atomic E-state index is -0.737. The van der Waals surface area contributed by atoms with Gasteiger partial charge in [0.1, 0.15) is 5.75 Å². The molecule has 6 nitrogen and oxygen atoms in total. The van der Waals surface area contributed by atoms with Crippen LogP contribution in [0.2, 0.25) is 5.02 Å². The van der Waals surface area contributed by atoms with Gasteiger partial charge in [-0.05, 0) is 71.6 Å². The number of carbonyl (C=O) groups is 3. The smallest absolute Gasteiger partial charge is 0.265 e. The van der Waals surface area contributed by atoms with Crippen LogP contribution in [0.25, 0.3) is 0 Å². The third-order valence-corrected chi connectivity index (χ3v) is 6.20. The van der Waals surface area contributed by atoms with E-state index < -0.39 is 11.5 Å². The quantitative estimate of drug-likeness (QED) is 0.576. The Kier molecular flexibility index (Phi) is 6.83. The second-order valence-electron chi connectivity index (χ2n) is 7.21. The minimum Gasteiger partial charge on any atom is -0.480 e. The Morgan fingerprint density at radius 3 is 2.57 bits per heavy atom. The van der Waals surface area contributed by atoms with E-state index in [2.05, 4.69) is 26.6 Å². The zero-order valence-electron chi connectivity index (χ0n) is 16.6. The normalized spacial score (nSPS) is 19.7. The maximum Gasteiger partial charge on any atom is 0.265 e. The molecule has 2 aromatic rings. The van der Waals surface area contributed by atoms with E-state index in [0.717, 1.165) is 5.56 Å².